The fourth-order valence-corrected chi connectivity index (χ4v) is 4.46. The summed E-state index contributed by atoms with van der Waals surface area (Å²) < 4.78 is 3.01. The Kier molecular flexibility index (Phi) is 3.38. The van der Waals surface area contributed by atoms with E-state index in [9.17, 15) is 4.79 Å². The van der Waals surface area contributed by atoms with Crippen LogP contribution in [-0.2, 0) is 4.79 Å². The van der Waals surface area contributed by atoms with Crippen LogP contribution in [0.2, 0.25) is 0 Å². The Morgan fingerprint density at radius 3 is 2.92 bits per heavy atom. The molecule has 3 aromatic rings. The maximum atomic E-state index is 12.8. The maximum Gasteiger partial charge on any atom is 0.238 e. The molecule has 1 aliphatic carbocycles. The highest BCUT2D eigenvalue weighted by Gasteiger charge is 2.38. The van der Waals surface area contributed by atoms with E-state index in [1.807, 2.05) is 22.9 Å². The second-order valence-electron chi connectivity index (χ2n) is 6.68. The largest absolute Gasteiger partial charge is 0.325 e. The summed E-state index contributed by atoms with van der Waals surface area (Å²) in [5.41, 5.74) is 3.41. The molecule has 1 fully saturated rings. The molecule has 1 saturated carbocycles. The quantitative estimate of drug-likeness (QED) is 0.713. The number of carbonyl (C=O) groups excluding carboxylic acids is 1. The number of amides is 1. The summed E-state index contributed by atoms with van der Waals surface area (Å²) >= 11 is 3.52. The monoisotopic (exact) mass is 397 g/mol. The molecule has 1 aliphatic heterocycles. The fraction of sp³-hybridized carbons (Fsp3) is 0.333. The predicted molar refractivity (Wildman–Crippen MR) is 97.4 cm³/mol. The molecule has 25 heavy (non-hydrogen) atoms. The normalized spacial score (nSPS) is 20.2. The van der Waals surface area contributed by atoms with E-state index in [1.54, 1.807) is 6.20 Å². The average molecular weight is 398 g/mol. The van der Waals surface area contributed by atoms with Crippen LogP contribution in [0.15, 0.2) is 35.2 Å². The highest BCUT2D eigenvalue weighted by atomic mass is 79.9. The number of nitrogens with one attached hydrogen (secondary N) is 1. The molecule has 1 N–H and O–H groups in total. The first kappa shape index (κ1) is 15.0. The van der Waals surface area contributed by atoms with Crippen molar-refractivity contribution in [3.05, 3.63) is 46.5 Å². The van der Waals surface area contributed by atoms with E-state index < -0.39 is 0 Å². The Morgan fingerprint density at radius 2 is 2.08 bits per heavy atom. The van der Waals surface area contributed by atoms with Gasteiger partial charge in [0.25, 0.3) is 0 Å². The van der Waals surface area contributed by atoms with Gasteiger partial charge in [0, 0.05) is 16.4 Å². The van der Waals surface area contributed by atoms with Gasteiger partial charge in [-0.1, -0.05) is 28.8 Å². The van der Waals surface area contributed by atoms with Gasteiger partial charge in [-0.25, -0.2) is 9.97 Å². The number of hydrogen-bond donors (Lipinski definition) is 1. The van der Waals surface area contributed by atoms with Gasteiger partial charge >= 0.3 is 0 Å². The van der Waals surface area contributed by atoms with Crippen LogP contribution in [0.25, 0.3) is 11.0 Å². The molecule has 1 aromatic carbocycles. The number of rotatable bonds is 2. The summed E-state index contributed by atoms with van der Waals surface area (Å²) in [5.74, 6) is -0.401. The van der Waals surface area contributed by atoms with Crippen molar-refractivity contribution in [1.29, 1.82) is 0 Å². The van der Waals surface area contributed by atoms with Crippen LogP contribution in [0.4, 0.5) is 5.69 Å². The molecule has 1 unspecified atom stereocenters. The average Bonchev–Trinajstić information content (AvgIpc) is 3.31. The Bertz CT molecular complexity index is 992. The number of carbonyl (C=O) groups is 1. The van der Waals surface area contributed by atoms with Gasteiger partial charge in [0.05, 0.1) is 17.1 Å². The Morgan fingerprint density at radius 1 is 1.24 bits per heavy atom. The standard InChI is InChI=1S/C18H16BrN5O/c19-10-5-6-14-12(7-10)15(18(25)22-14)16-13-8-20-9-21-17(13)23-24(16)11-3-1-2-4-11/h5-9,11,15H,1-4H2,(H,22,25). The van der Waals surface area contributed by atoms with Crippen molar-refractivity contribution >= 4 is 38.6 Å². The molecular formula is C18H16BrN5O. The van der Waals surface area contributed by atoms with Crippen molar-refractivity contribution in [2.24, 2.45) is 0 Å². The van der Waals surface area contributed by atoms with Gasteiger partial charge in [0.1, 0.15) is 12.2 Å². The van der Waals surface area contributed by atoms with E-state index in [4.69, 9.17) is 5.10 Å². The lowest BCUT2D eigenvalue weighted by Crippen LogP contribution is -2.20. The highest BCUT2D eigenvalue weighted by Crippen LogP contribution is 2.43. The van der Waals surface area contributed by atoms with E-state index >= 15 is 0 Å². The van der Waals surface area contributed by atoms with Gasteiger partial charge in [-0.3, -0.25) is 9.48 Å². The van der Waals surface area contributed by atoms with Crippen LogP contribution in [0.5, 0.6) is 0 Å². The lowest BCUT2D eigenvalue weighted by Gasteiger charge is -2.18. The molecule has 126 valence electrons. The lowest BCUT2D eigenvalue weighted by molar-refractivity contribution is -0.116. The van der Waals surface area contributed by atoms with Gasteiger partial charge in [-0.2, -0.15) is 5.10 Å². The molecule has 1 amide bonds. The Labute approximate surface area is 152 Å². The van der Waals surface area contributed by atoms with Crippen LogP contribution in [0, 0.1) is 0 Å². The second kappa shape index (κ2) is 5.62. The molecule has 0 bridgehead atoms. The van der Waals surface area contributed by atoms with Gasteiger partial charge in [-0.05, 0) is 36.6 Å². The van der Waals surface area contributed by atoms with Crippen LogP contribution in [0.3, 0.4) is 0 Å². The second-order valence-corrected chi connectivity index (χ2v) is 7.60. The third-order valence-corrected chi connectivity index (χ3v) is 5.70. The summed E-state index contributed by atoms with van der Waals surface area (Å²) in [6.07, 6.45) is 7.87. The van der Waals surface area contributed by atoms with E-state index in [0.717, 1.165) is 39.6 Å². The third-order valence-electron chi connectivity index (χ3n) is 5.21. The minimum Gasteiger partial charge on any atom is -0.325 e. The number of nitrogens with zero attached hydrogens (tertiary/aromatic N) is 4. The van der Waals surface area contributed by atoms with Crippen molar-refractivity contribution in [3.8, 4) is 0 Å². The van der Waals surface area contributed by atoms with Crippen molar-refractivity contribution in [1.82, 2.24) is 19.7 Å². The molecule has 0 spiro atoms. The van der Waals surface area contributed by atoms with Crippen LogP contribution < -0.4 is 5.32 Å². The Hall–Kier alpha value is -2.28. The zero-order chi connectivity index (χ0) is 17.0. The number of hydrogen-bond acceptors (Lipinski definition) is 4. The predicted octanol–water partition coefficient (Wildman–Crippen LogP) is 3.79. The molecule has 2 aliphatic rings. The number of aromatic nitrogens is 4. The van der Waals surface area contributed by atoms with E-state index in [-0.39, 0.29) is 11.8 Å². The topological polar surface area (TPSA) is 72.7 Å². The molecule has 5 rings (SSSR count). The first-order valence-corrected chi connectivity index (χ1v) is 9.30. The van der Waals surface area contributed by atoms with Crippen molar-refractivity contribution in [2.45, 2.75) is 37.6 Å². The van der Waals surface area contributed by atoms with Crippen LogP contribution in [0.1, 0.15) is 48.9 Å². The summed E-state index contributed by atoms with van der Waals surface area (Å²) in [7, 11) is 0. The zero-order valence-corrected chi connectivity index (χ0v) is 15.0. The van der Waals surface area contributed by atoms with Crippen LogP contribution >= 0.6 is 15.9 Å². The summed E-state index contributed by atoms with van der Waals surface area (Å²) in [4.78, 5) is 21.3. The van der Waals surface area contributed by atoms with E-state index in [0.29, 0.717) is 11.7 Å². The molecule has 6 nitrogen and oxygen atoms in total. The van der Waals surface area contributed by atoms with Gasteiger partial charge < -0.3 is 5.32 Å². The van der Waals surface area contributed by atoms with Crippen molar-refractivity contribution in [2.75, 3.05) is 5.32 Å². The lowest BCUT2D eigenvalue weighted by atomic mass is 9.95. The molecule has 0 radical (unpaired) electrons. The van der Waals surface area contributed by atoms with Crippen LogP contribution in [-0.4, -0.2) is 25.7 Å². The third kappa shape index (κ3) is 2.29. The van der Waals surface area contributed by atoms with Crippen molar-refractivity contribution in [3.63, 3.8) is 0 Å². The SMILES string of the molecule is O=C1Nc2ccc(Br)cc2C1c1c2cncnc2nn1C1CCCC1. The number of halogens is 1. The highest BCUT2D eigenvalue weighted by molar-refractivity contribution is 9.10. The molecular weight excluding hydrogens is 382 g/mol. The van der Waals surface area contributed by atoms with Crippen molar-refractivity contribution < 1.29 is 4.79 Å². The smallest absolute Gasteiger partial charge is 0.238 e. The first-order chi connectivity index (χ1) is 12.2. The zero-order valence-electron chi connectivity index (χ0n) is 13.4. The van der Waals surface area contributed by atoms with E-state index in [2.05, 4.69) is 31.2 Å². The fourth-order valence-electron chi connectivity index (χ4n) is 4.08. The number of benzene rings is 1. The Balaban J connectivity index is 1.76. The maximum absolute atomic E-state index is 12.8. The first-order valence-electron chi connectivity index (χ1n) is 8.51. The van der Waals surface area contributed by atoms with E-state index in [1.165, 1.54) is 19.2 Å². The molecule has 0 saturated heterocycles. The minimum absolute atomic E-state index is 0.0157. The number of fused-ring (bicyclic) bond motifs is 2. The van der Waals surface area contributed by atoms with Gasteiger partial charge in [-0.15, -0.1) is 0 Å². The molecule has 7 heteroatoms. The summed E-state index contributed by atoms with van der Waals surface area (Å²) in [6, 6.07) is 6.22. The summed E-state index contributed by atoms with van der Waals surface area (Å²) in [6.45, 7) is 0. The molecule has 3 heterocycles. The van der Waals surface area contributed by atoms with Gasteiger partial charge in [0.15, 0.2) is 5.65 Å². The summed E-state index contributed by atoms with van der Waals surface area (Å²) in [5, 5.41) is 8.61. The molecule has 1 atom stereocenters. The van der Waals surface area contributed by atoms with Gasteiger partial charge in [0.2, 0.25) is 5.91 Å². The number of anilines is 1. The molecule has 2 aromatic heterocycles. The minimum atomic E-state index is -0.385.